The Morgan fingerprint density at radius 2 is 1.68 bits per heavy atom. The Kier molecular flexibility index (Phi) is 8.06. The molecule has 2 aromatic carbocycles. The average molecular weight is 433 g/mol. The Hall–Kier alpha value is -2.87. The first-order valence-corrected chi connectivity index (χ1v) is 10.3. The average Bonchev–Trinajstić information content (AvgIpc) is 3.00. The highest BCUT2D eigenvalue weighted by atomic mass is 19.3. The van der Waals surface area contributed by atoms with E-state index in [2.05, 4.69) is 26.7 Å². The summed E-state index contributed by atoms with van der Waals surface area (Å²) < 4.78 is 34.1. The lowest BCUT2D eigenvalue weighted by atomic mass is 10.2. The van der Waals surface area contributed by atoms with Gasteiger partial charge in [0.2, 0.25) is 5.91 Å². The fraction of sp³-hybridized carbons (Fsp3) is 0.435. The van der Waals surface area contributed by atoms with Gasteiger partial charge in [-0.2, -0.15) is 8.78 Å². The maximum atomic E-state index is 12.7. The number of carbonyl (C=O) groups excluding carboxylic acids is 1. The molecular weight excluding hydrogens is 404 g/mol. The van der Waals surface area contributed by atoms with Gasteiger partial charge in [0.1, 0.15) is 11.5 Å². The van der Waals surface area contributed by atoms with E-state index >= 15 is 0 Å². The molecule has 1 aliphatic heterocycles. The molecule has 0 unspecified atom stereocenters. The van der Waals surface area contributed by atoms with Crippen LogP contribution in [0.5, 0.6) is 11.5 Å². The zero-order valence-corrected chi connectivity index (χ0v) is 18.0. The van der Waals surface area contributed by atoms with Crippen LogP contribution in [0.3, 0.4) is 0 Å². The van der Waals surface area contributed by atoms with Crippen LogP contribution >= 0.6 is 0 Å². The second-order valence-electron chi connectivity index (χ2n) is 7.59. The minimum Gasteiger partial charge on any atom is -0.497 e. The van der Waals surface area contributed by atoms with Gasteiger partial charge in [-0.05, 0) is 48.4 Å². The van der Waals surface area contributed by atoms with Crippen molar-refractivity contribution in [3.63, 3.8) is 0 Å². The summed E-state index contributed by atoms with van der Waals surface area (Å²) in [6.45, 7) is 1.41. The quantitative estimate of drug-likeness (QED) is 0.638. The summed E-state index contributed by atoms with van der Waals surface area (Å²) in [5.74, 6) is 0.981. The Labute approximate surface area is 181 Å². The number of hydrogen-bond donors (Lipinski definition) is 0. The number of hydrogen-bond acceptors (Lipinski definition) is 5. The molecule has 1 amide bonds. The predicted molar refractivity (Wildman–Crippen MR) is 116 cm³/mol. The third-order valence-electron chi connectivity index (χ3n) is 5.38. The fourth-order valence-corrected chi connectivity index (χ4v) is 3.63. The molecular formula is C23H29F2N3O3. The number of amides is 1. The van der Waals surface area contributed by atoms with Crippen molar-refractivity contribution in [1.29, 1.82) is 0 Å². The Morgan fingerprint density at radius 3 is 2.32 bits per heavy atom. The Bertz CT molecular complexity index is 831. The molecule has 0 spiro atoms. The monoisotopic (exact) mass is 433 g/mol. The molecule has 168 valence electrons. The van der Waals surface area contributed by atoms with Gasteiger partial charge < -0.3 is 19.3 Å². The summed E-state index contributed by atoms with van der Waals surface area (Å²) in [7, 11) is 3.41. The van der Waals surface area contributed by atoms with E-state index in [1.165, 1.54) is 12.1 Å². The lowest BCUT2D eigenvalue weighted by Gasteiger charge is -2.25. The molecule has 1 heterocycles. The predicted octanol–water partition coefficient (Wildman–Crippen LogP) is 3.47. The number of benzene rings is 2. The maximum Gasteiger partial charge on any atom is 0.387 e. The summed E-state index contributed by atoms with van der Waals surface area (Å²) in [6, 6.07) is 14.4. The van der Waals surface area contributed by atoms with E-state index in [1.54, 1.807) is 31.2 Å². The van der Waals surface area contributed by atoms with Gasteiger partial charge in [-0.25, -0.2) is 0 Å². The third-order valence-corrected chi connectivity index (χ3v) is 5.38. The van der Waals surface area contributed by atoms with Crippen molar-refractivity contribution in [2.24, 2.45) is 0 Å². The number of likely N-dealkylation sites (N-methyl/N-ethyl adjacent to an activating group) is 1. The van der Waals surface area contributed by atoms with Crippen LogP contribution in [0.15, 0.2) is 48.5 Å². The number of ether oxygens (including phenoxy) is 2. The minimum absolute atomic E-state index is 0.0332. The summed E-state index contributed by atoms with van der Waals surface area (Å²) in [5, 5.41) is 0. The minimum atomic E-state index is -2.84. The molecule has 31 heavy (non-hydrogen) atoms. The van der Waals surface area contributed by atoms with Crippen LogP contribution in [0.2, 0.25) is 0 Å². The Balaban J connectivity index is 1.48. The number of methoxy groups -OCH3 is 1. The van der Waals surface area contributed by atoms with E-state index in [1.807, 2.05) is 12.1 Å². The van der Waals surface area contributed by atoms with Crippen LogP contribution in [0, 0.1) is 0 Å². The van der Waals surface area contributed by atoms with Crippen LogP contribution in [-0.2, 0) is 11.3 Å². The van der Waals surface area contributed by atoms with Crippen molar-refractivity contribution in [3.05, 3.63) is 54.1 Å². The number of carbonyl (C=O) groups is 1. The van der Waals surface area contributed by atoms with Gasteiger partial charge in [0, 0.05) is 45.5 Å². The maximum absolute atomic E-state index is 12.7. The molecule has 0 bridgehead atoms. The highest BCUT2D eigenvalue weighted by Crippen LogP contribution is 2.21. The number of rotatable bonds is 8. The first-order chi connectivity index (χ1) is 14.9. The first kappa shape index (κ1) is 22.8. The smallest absolute Gasteiger partial charge is 0.387 e. The van der Waals surface area contributed by atoms with Crippen molar-refractivity contribution < 1.29 is 23.0 Å². The van der Waals surface area contributed by atoms with Gasteiger partial charge >= 0.3 is 6.61 Å². The summed E-state index contributed by atoms with van der Waals surface area (Å²) in [5.41, 5.74) is 2.02. The van der Waals surface area contributed by atoms with E-state index in [0.717, 1.165) is 49.6 Å². The number of anilines is 1. The van der Waals surface area contributed by atoms with Crippen molar-refractivity contribution in [1.82, 2.24) is 9.80 Å². The summed E-state index contributed by atoms with van der Waals surface area (Å²) in [6.07, 6.45) is 0.981. The van der Waals surface area contributed by atoms with Gasteiger partial charge in [-0.1, -0.05) is 12.1 Å². The molecule has 3 rings (SSSR count). The first-order valence-electron chi connectivity index (χ1n) is 10.3. The zero-order valence-electron chi connectivity index (χ0n) is 18.0. The molecule has 2 aromatic rings. The zero-order chi connectivity index (χ0) is 22.2. The molecule has 0 aromatic heterocycles. The highest BCUT2D eigenvalue weighted by molar-refractivity contribution is 5.78. The molecule has 0 radical (unpaired) electrons. The topological polar surface area (TPSA) is 45.2 Å². The largest absolute Gasteiger partial charge is 0.497 e. The molecule has 1 aliphatic rings. The number of halogens is 2. The van der Waals surface area contributed by atoms with E-state index in [9.17, 15) is 13.6 Å². The highest BCUT2D eigenvalue weighted by Gasteiger charge is 2.19. The van der Waals surface area contributed by atoms with Crippen molar-refractivity contribution in [3.8, 4) is 11.5 Å². The molecule has 0 aliphatic carbocycles. The second kappa shape index (κ2) is 10.9. The van der Waals surface area contributed by atoms with Crippen LogP contribution in [0.25, 0.3) is 0 Å². The van der Waals surface area contributed by atoms with Crippen LogP contribution < -0.4 is 14.4 Å². The van der Waals surface area contributed by atoms with Crippen molar-refractivity contribution >= 4 is 11.6 Å². The second-order valence-corrected chi connectivity index (χ2v) is 7.59. The van der Waals surface area contributed by atoms with E-state index in [-0.39, 0.29) is 11.7 Å². The lowest BCUT2D eigenvalue weighted by Crippen LogP contribution is -2.40. The van der Waals surface area contributed by atoms with Gasteiger partial charge in [-0.15, -0.1) is 0 Å². The molecule has 8 heteroatoms. The summed E-state index contributed by atoms with van der Waals surface area (Å²) in [4.78, 5) is 18.9. The van der Waals surface area contributed by atoms with Crippen LogP contribution in [0.4, 0.5) is 14.5 Å². The molecule has 0 N–H and O–H groups in total. The normalized spacial score (nSPS) is 14.9. The molecule has 0 saturated carbocycles. The van der Waals surface area contributed by atoms with Gasteiger partial charge in [-0.3, -0.25) is 9.69 Å². The number of alkyl halides is 2. The molecule has 6 nitrogen and oxygen atoms in total. The fourth-order valence-electron chi connectivity index (χ4n) is 3.63. The molecule has 0 atom stereocenters. The summed E-state index contributed by atoms with van der Waals surface area (Å²) >= 11 is 0. The van der Waals surface area contributed by atoms with Gasteiger partial charge in [0.15, 0.2) is 0 Å². The van der Waals surface area contributed by atoms with E-state index in [4.69, 9.17) is 4.74 Å². The van der Waals surface area contributed by atoms with Crippen molar-refractivity contribution in [2.75, 3.05) is 51.8 Å². The SMILES string of the molecule is COc1ccc(N2CCCN(CC(=O)N(C)Cc3ccc(OC(F)F)cc3)CC2)cc1. The van der Waals surface area contributed by atoms with E-state index < -0.39 is 6.61 Å². The lowest BCUT2D eigenvalue weighted by molar-refractivity contribution is -0.131. The van der Waals surface area contributed by atoms with Crippen LogP contribution in [0.1, 0.15) is 12.0 Å². The van der Waals surface area contributed by atoms with E-state index in [0.29, 0.717) is 13.1 Å². The molecule has 1 saturated heterocycles. The van der Waals surface area contributed by atoms with Gasteiger partial charge in [0.05, 0.1) is 13.7 Å². The Morgan fingerprint density at radius 1 is 1.00 bits per heavy atom. The number of nitrogens with zero attached hydrogens (tertiary/aromatic N) is 3. The molecule has 1 fully saturated rings. The van der Waals surface area contributed by atoms with Crippen LogP contribution in [-0.4, -0.2) is 69.2 Å². The third kappa shape index (κ3) is 6.82. The van der Waals surface area contributed by atoms with Gasteiger partial charge in [0.25, 0.3) is 0 Å². The standard InChI is InChI=1S/C23H29F2N3O3/c1-26(16-18-4-8-21(9-5-18)31-23(24)25)22(29)17-27-12-3-13-28(15-14-27)19-6-10-20(30-2)11-7-19/h4-11,23H,3,12-17H2,1-2H3. The van der Waals surface area contributed by atoms with Crippen molar-refractivity contribution in [2.45, 2.75) is 19.6 Å².